The van der Waals surface area contributed by atoms with Crippen LogP contribution in [0.2, 0.25) is 0 Å². The zero-order valence-corrected chi connectivity index (χ0v) is 7.93. The topological polar surface area (TPSA) is 35.3 Å². The van der Waals surface area contributed by atoms with Crippen LogP contribution in [-0.2, 0) is 6.61 Å². The zero-order valence-electron chi connectivity index (χ0n) is 7.93. The Labute approximate surface area is 82.3 Å². The largest absolute Gasteiger partial charge is 0.486 e. The fraction of sp³-hybridized carbons (Fsp3) is 0.182. The van der Waals surface area contributed by atoms with E-state index in [-0.39, 0.29) is 0 Å². The Morgan fingerprint density at radius 1 is 1.29 bits per heavy atom. The first-order chi connectivity index (χ1) is 6.84. The Morgan fingerprint density at radius 3 is 2.71 bits per heavy atom. The van der Waals surface area contributed by atoms with Gasteiger partial charge in [0.15, 0.2) is 11.7 Å². The normalized spacial score (nSPS) is 10.1. The second-order valence-electron chi connectivity index (χ2n) is 2.95. The summed E-state index contributed by atoms with van der Waals surface area (Å²) in [6.45, 7) is 2.23. The number of oxazole rings is 1. The van der Waals surface area contributed by atoms with E-state index in [2.05, 4.69) is 4.98 Å². The first-order valence-corrected chi connectivity index (χ1v) is 4.44. The minimum absolute atomic E-state index is 0.421. The van der Waals surface area contributed by atoms with Gasteiger partial charge in [-0.3, -0.25) is 0 Å². The maximum Gasteiger partial charge on any atom is 0.191 e. The van der Waals surface area contributed by atoms with Gasteiger partial charge in [0.05, 0.1) is 6.20 Å². The van der Waals surface area contributed by atoms with Gasteiger partial charge in [-0.05, 0) is 12.1 Å². The third kappa shape index (κ3) is 2.13. The van der Waals surface area contributed by atoms with Gasteiger partial charge in [0.2, 0.25) is 0 Å². The molecule has 1 aromatic carbocycles. The first-order valence-electron chi connectivity index (χ1n) is 4.44. The van der Waals surface area contributed by atoms with Crippen molar-refractivity contribution in [3.63, 3.8) is 0 Å². The van der Waals surface area contributed by atoms with Crippen molar-refractivity contribution in [2.45, 2.75) is 13.5 Å². The summed E-state index contributed by atoms with van der Waals surface area (Å²) in [4.78, 5) is 3.98. The van der Waals surface area contributed by atoms with Crippen molar-refractivity contribution in [2.75, 3.05) is 0 Å². The molecule has 1 aromatic heterocycles. The number of hydrogen-bond acceptors (Lipinski definition) is 3. The number of aryl methyl sites for hydroxylation is 1. The summed E-state index contributed by atoms with van der Waals surface area (Å²) in [5.74, 6) is 2.24. The highest BCUT2D eigenvalue weighted by Crippen LogP contribution is 2.11. The van der Waals surface area contributed by atoms with E-state index in [9.17, 15) is 0 Å². The summed E-state index contributed by atoms with van der Waals surface area (Å²) in [5, 5.41) is 0. The van der Waals surface area contributed by atoms with Gasteiger partial charge in [-0.15, -0.1) is 0 Å². The van der Waals surface area contributed by atoms with E-state index in [0.717, 1.165) is 11.5 Å². The van der Waals surface area contributed by atoms with Crippen LogP contribution in [0.15, 0.2) is 40.9 Å². The van der Waals surface area contributed by atoms with Gasteiger partial charge < -0.3 is 9.15 Å². The number of ether oxygens (including phenoxy) is 1. The molecule has 2 rings (SSSR count). The average Bonchev–Trinajstić information content (AvgIpc) is 2.63. The van der Waals surface area contributed by atoms with Crippen LogP contribution in [0.1, 0.15) is 11.7 Å². The van der Waals surface area contributed by atoms with Crippen molar-refractivity contribution >= 4 is 0 Å². The van der Waals surface area contributed by atoms with Crippen molar-refractivity contribution in [3.05, 3.63) is 48.2 Å². The van der Waals surface area contributed by atoms with E-state index in [1.54, 1.807) is 6.20 Å². The number of rotatable bonds is 3. The molecule has 0 bridgehead atoms. The van der Waals surface area contributed by atoms with E-state index in [1.165, 1.54) is 0 Å². The number of para-hydroxylation sites is 1. The molecule has 0 aliphatic heterocycles. The second kappa shape index (κ2) is 3.96. The molecule has 0 unspecified atom stereocenters. The fourth-order valence-corrected chi connectivity index (χ4v) is 1.14. The van der Waals surface area contributed by atoms with Gasteiger partial charge in [0.25, 0.3) is 0 Å². The second-order valence-corrected chi connectivity index (χ2v) is 2.95. The lowest BCUT2D eigenvalue weighted by Crippen LogP contribution is -1.92. The molecule has 0 spiro atoms. The molecule has 0 fully saturated rings. The molecule has 0 atom stereocenters. The molecule has 3 nitrogen and oxygen atoms in total. The lowest BCUT2D eigenvalue weighted by Gasteiger charge is -2.02. The Balaban J connectivity index is 1.95. The maximum atomic E-state index is 5.47. The number of nitrogens with zero attached hydrogens (tertiary/aromatic N) is 1. The van der Waals surface area contributed by atoms with Gasteiger partial charge >= 0.3 is 0 Å². The molecule has 0 radical (unpaired) electrons. The van der Waals surface area contributed by atoms with E-state index >= 15 is 0 Å². The Hall–Kier alpha value is -1.77. The molecule has 1 heterocycles. The number of aromatic nitrogens is 1. The van der Waals surface area contributed by atoms with Crippen LogP contribution in [0, 0.1) is 6.92 Å². The molecule has 72 valence electrons. The molecule has 0 saturated carbocycles. The summed E-state index contributed by atoms with van der Waals surface area (Å²) >= 11 is 0. The molecular weight excluding hydrogens is 178 g/mol. The monoisotopic (exact) mass is 189 g/mol. The summed E-state index contributed by atoms with van der Waals surface area (Å²) in [7, 11) is 0. The predicted octanol–water partition coefficient (Wildman–Crippen LogP) is 2.56. The minimum atomic E-state index is 0.421. The molecular formula is C11H11NO2. The highest BCUT2D eigenvalue weighted by molar-refractivity contribution is 5.21. The van der Waals surface area contributed by atoms with Gasteiger partial charge in [-0.2, -0.15) is 0 Å². The highest BCUT2D eigenvalue weighted by atomic mass is 16.5. The Morgan fingerprint density at radius 2 is 2.07 bits per heavy atom. The number of hydrogen-bond donors (Lipinski definition) is 0. The quantitative estimate of drug-likeness (QED) is 0.744. The summed E-state index contributed by atoms with van der Waals surface area (Å²) < 4.78 is 10.7. The molecule has 0 aliphatic carbocycles. The summed E-state index contributed by atoms with van der Waals surface area (Å²) in [6.07, 6.45) is 1.68. The van der Waals surface area contributed by atoms with Crippen LogP contribution < -0.4 is 4.74 Å². The molecule has 0 saturated heterocycles. The Kier molecular flexibility index (Phi) is 2.49. The van der Waals surface area contributed by atoms with E-state index in [1.807, 2.05) is 37.3 Å². The summed E-state index contributed by atoms with van der Waals surface area (Å²) in [6, 6.07) is 9.62. The smallest absolute Gasteiger partial charge is 0.191 e. The van der Waals surface area contributed by atoms with Crippen molar-refractivity contribution in [2.24, 2.45) is 0 Å². The average molecular weight is 189 g/mol. The molecule has 0 aliphatic rings. The van der Waals surface area contributed by atoms with Crippen LogP contribution in [0.5, 0.6) is 5.75 Å². The predicted molar refractivity (Wildman–Crippen MR) is 52.0 cm³/mol. The standard InChI is InChI=1S/C11H11NO2/c1-9-12-7-11(14-9)8-13-10-5-3-2-4-6-10/h2-7H,8H2,1H3. The summed E-state index contributed by atoms with van der Waals surface area (Å²) in [5.41, 5.74) is 0. The van der Waals surface area contributed by atoms with Gasteiger partial charge in [-0.25, -0.2) is 4.98 Å². The maximum absolute atomic E-state index is 5.47. The van der Waals surface area contributed by atoms with Crippen molar-refractivity contribution in [3.8, 4) is 5.75 Å². The Bertz CT molecular complexity index is 395. The lowest BCUT2D eigenvalue weighted by atomic mass is 10.3. The zero-order chi connectivity index (χ0) is 9.80. The van der Waals surface area contributed by atoms with E-state index in [0.29, 0.717) is 12.5 Å². The van der Waals surface area contributed by atoms with Gasteiger partial charge in [0.1, 0.15) is 12.4 Å². The first kappa shape index (κ1) is 8.81. The van der Waals surface area contributed by atoms with Crippen LogP contribution in [-0.4, -0.2) is 4.98 Å². The molecule has 3 heteroatoms. The fourth-order valence-electron chi connectivity index (χ4n) is 1.14. The van der Waals surface area contributed by atoms with Gasteiger partial charge in [0, 0.05) is 6.92 Å². The number of benzene rings is 1. The van der Waals surface area contributed by atoms with Crippen LogP contribution in [0.4, 0.5) is 0 Å². The third-order valence-corrected chi connectivity index (χ3v) is 1.79. The molecule has 14 heavy (non-hydrogen) atoms. The van der Waals surface area contributed by atoms with Crippen LogP contribution in [0.3, 0.4) is 0 Å². The van der Waals surface area contributed by atoms with Crippen molar-refractivity contribution < 1.29 is 9.15 Å². The molecule has 2 aromatic rings. The highest BCUT2D eigenvalue weighted by Gasteiger charge is 2.00. The molecule has 0 amide bonds. The van der Waals surface area contributed by atoms with Crippen molar-refractivity contribution in [1.82, 2.24) is 4.98 Å². The van der Waals surface area contributed by atoms with Gasteiger partial charge in [-0.1, -0.05) is 18.2 Å². The lowest BCUT2D eigenvalue weighted by molar-refractivity contribution is 0.267. The van der Waals surface area contributed by atoms with E-state index in [4.69, 9.17) is 9.15 Å². The minimum Gasteiger partial charge on any atom is -0.486 e. The SMILES string of the molecule is Cc1ncc(COc2ccccc2)o1. The van der Waals surface area contributed by atoms with Crippen LogP contribution >= 0.6 is 0 Å². The molecule has 0 N–H and O–H groups in total. The van der Waals surface area contributed by atoms with Crippen molar-refractivity contribution in [1.29, 1.82) is 0 Å². The van der Waals surface area contributed by atoms with Crippen LogP contribution in [0.25, 0.3) is 0 Å². The third-order valence-electron chi connectivity index (χ3n) is 1.79. The van der Waals surface area contributed by atoms with E-state index < -0.39 is 0 Å².